The molecule has 0 unspecified atom stereocenters. The van der Waals surface area contributed by atoms with Crippen LogP contribution in [0.4, 0.5) is 17.6 Å². The van der Waals surface area contributed by atoms with E-state index in [2.05, 4.69) is 5.32 Å². The number of nitrogens with zero attached hydrogens (tertiary/aromatic N) is 1. The fraction of sp³-hybridized carbons (Fsp3) is 0.571. The Balaban J connectivity index is 0.00000264. The number of hydrogen-bond donors (Lipinski definition) is 2. The predicted octanol–water partition coefficient (Wildman–Crippen LogP) is 1.97. The zero-order chi connectivity index (χ0) is 16.3. The van der Waals surface area contributed by atoms with Crippen LogP contribution in [0.5, 0.6) is 5.75 Å². The summed E-state index contributed by atoms with van der Waals surface area (Å²) < 4.78 is 61.4. The van der Waals surface area contributed by atoms with Crippen molar-refractivity contribution in [3.8, 4) is 5.75 Å². The lowest BCUT2D eigenvalue weighted by Gasteiger charge is -2.38. The normalized spacial score (nSPS) is 17.5. The van der Waals surface area contributed by atoms with Crippen LogP contribution in [0, 0.1) is 11.6 Å². The first-order chi connectivity index (χ1) is 10.4. The van der Waals surface area contributed by atoms with E-state index in [0.717, 1.165) is 12.1 Å². The Labute approximate surface area is 137 Å². The molecular weight excluding hydrogens is 340 g/mol. The Morgan fingerprint density at radius 2 is 1.78 bits per heavy atom. The number of hydrogen-bond acceptors (Lipinski definition) is 4. The highest BCUT2D eigenvalue weighted by Crippen LogP contribution is 2.39. The van der Waals surface area contributed by atoms with Gasteiger partial charge in [-0.05, 0) is 0 Å². The molecule has 0 amide bonds. The summed E-state index contributed by atoms with van der Waals surface area (Å²) in [5.74, 6) is -6.00. The molecule has 2 rings (SSSR count). The summed E-state index contributed by atoms with van der Waals surface area (Å²) >= 11 is 0. The zero-order valence-electron chi connectivity index (χ0n) is 12.5. The molecule has 0 spiro atoms. The van der Waals surface area contributed by atoms with Crippen molar-refractivity contribution in [3.05, 3.63) is 29.3 Å². The number of aliphatic hydroxyl groups is 1. The summed E-state index contributed by atoms with van der Waals surface area (Å²) in [6.07, 6.45) is 0. The number of ether oxygens (including phenoxy) is 1. The number of piperazine rings is 1. The van der Waals surface area contributed by atoms with E-state index in [9.17, 15) is 17.6 Å². The molecule has 2 N–H and O–H groups in total. The Hall–Kier alpha value is -1.09. The highest BCUT2D eigenvalue weighted by molar-refractivity contribution is 5.85. The van der Waals surface area contributed by atoms with Crippen molar-refractivity contribution in [3.63, 3.8) is 0 Å². The fourth-order valence-electron chi connectivity index (χ4n) is 2.63. The van der Waals surface area contributed by atoms with Crippen LogP contribution in [-0.4, -0.2) is 55.8 Å². The van der Waals surface area contributed by atoms with E-state index < -0.39 is 35.8 Å². The lowest BCUT2D eigenvalue weighted by Crippen LogP contribution is -2.51. The van der Waals surface area contributed by atoms with Crippen LogP contribution in [0.25, 0.3) is 0 Å². The number of alkyl halides is 2. The van der Waals surface area contributed by atoms with Gasteiger partial charge in [-0.15, -0.1) is 12.4 Å². The number of benzene rings is 1. The van der Waals surface area contributed by atoms with E-state index in [1.165, 1.54) is 12.0 Å². The molecule has 4 nitrogen and oxygen atoms in total. The molecule has 9 heteroatoms. The third kappa shape index (κ3) is 4.26. The molecule has 23 heavy (non-hydrogen) atoms. The summed E-state index contributed by atoms with van der Waals surface area (Å²) in [5.41, 5.74) is -0.748. The zero-order valence-corrected chi connectivity index (χ0v) is 13.3. The summed E-state index contributed by atoms with van der Waals surface area (Å²) in [7, 11) is 1.23. The van der Waals surface area contributed by atoms with E-state index in [4.69, 9.17) is 9.84 Å². The lowest BCUT2D eigenvalue weighted by atomic mass is 9.96. The molecule has 0 aromatic heterocycles. The summed E-state index contributed by atoms with van der Waals surface area (Å²) in [6, 6.07) is -0.146. The Kier molecular flexibility index (Phi) is 7.06. The Bertz CT molecular complexity index is 504. The van der Waals surface area contributed by atoms with Crippen molar-refractivity contribution in [1.29, 1.82) is 0 Å². The average molecular weight is 359 g/mol. The van der Waals surface area contributed by atoms with E-state index in [1.807, 2.05) is 0 Å². The van der Waals surface area contributed by atoms with E-state index in [-0.39, 0.29) is 31.2 Å². The fourth-order valence-corrected chi connectivity index (χ4v) is 2.63. The van der Waals surface area contributed by atoms with Crippen molar-refractivity contribution in [2.24, 2.45) is 0 Å². The molecule has 1 aliphatic rings. The molecule has 0 aliphatic carbocycles. The van der Waals surface area contributed by atoms with Crippen LogP contribution in [0.15, 0.2) is 12.1 Å². The highest BCUT2D eigenvalue weighted by atomic mass is 35.5. The van der Waals surface area contributed by atoms with E-state index >= 15 is 0 Å². The molecule has 1 heterocycles. The molecule has 1 fully saturated rings. The van der Waals surface area contributed by atoms with Gasteiger partial charge < -0.3 is 15.2 Å². The Morgan fingerprint density at radius 3 is 2.22 bits per heavy atom. The highest BCUT2D eigenvalue weighted by Gasteiger charge is 2.46. The molecule has 0 radical (unpaired) electrons. The Morgan fingerprint density at radius 1 is 1.26 bits per heavy atom. The third-order valence-corrected chi connectivity index (χ3v) is 3.69. The summed E-state index contributed by atoms with van der Waals surface area (Å²) in [4.78, 5) is 1.28. The van der Waals surface area contributed by atoms with Gasteiger partial charge in [0.2, 0.25) is 0 Å². The van der Waals surface area contributed by atoms with Crippen molar-refractivity contribution in [2.45, 2.75) is 12.0 Å². The SMILES string of the molecule is COc1cc(F)c([C@H](N2CCNCC2)C(F)(F)CO)c(F)c1.Cl. The van der Waals surface area contributed by atoms with Gasteiger partial charge in [0.1, 0.15) is 30.0 Å². The first-order valence-electron chi connectivity index (χ1n) is 6.87. The minimum absolute atomic E-state index is 0. The van der Waals surface area contributed by atoms with Gasteiger partial charge in [0.25, 0.3) is 5.92 Å². The molecular formula is C14H19ClF4N2O2. The van der Waals surface area contributed by atoms with Gasteiger partial charge in [-0.2, -0.15) is 0 Å². The number of halogens is 5. The first-order valence-corrected chi connectivity index (χ1v) is 6.87. The number of aliphatic hydroxyl groups excluding tert-OH is 1. The van der Waals surface area contributed by atoms with Crippen molar-refractivity contribution in [1.82, 2.24) is 10.2 Å². The molecule has 1 aliphatic heterocycles. The summed E-state index contributed by atoms with van der Waals surface area (Å²) in [5, 5.41) is 12.0. The van der Waals surface area contributed by atoms with Gasteiger partial charge >= 0.3 is 0 Å². The number of methoxy groups -OCH3 is 1. The summed E-state index contributed by atoms with van der Waals surface area (Å²) in [6.45, 7) is -0.238. The molecule has 1 saturated heterocycles. The quantitative estimate of drug-likeness (QED) is 0.790. The van der Waals surface area contributed by atoms with Gasteiger partial charge in [0, 0.05) is 43.9 Å². The molecule has 1 aromatic carbocycles. The standard InChI is InChI=1S/C14H18F4N2O2.ClH/c1-22-9-6-10(15)12(11(16)7-9)13(14(17,18)8-21)20-4-2-19-3-5-20;/h6-7,13,19,21H,2-5,8H2,1H3;1H/t13-;/m0./s1. The van der Waals surface area contributed by atoms with Crippen LogP contribution in [0.1, 0.15) is 11.6 Å². The largest absolute Gasteiger partial charge is 0.497 e. The van der Waals surface area contributed by atoms with Crippen LogP contribution in [0.3, 0.4) is 0 Å². The third-order valence-electron chi connectivity index (χ3n) is 3.69. The van der Waals surface area contributed by atoms with Crippen molar-refractivity contribution >= 4 is 12.4 Å². The van der Waals surface area contributed by atoms with Gasteiger partial charge in [-0.1, -0.05) is 0 Å². The molecule has 0 bridgehead atoms. The van der Waals surface area contributed by atoms with Gasteiger partial charge in [0.15, 0.2) is 0 Å². The minimum Gasteiger partial charge on any atom is -0.497 e. The average Bonchev–Trinajstić information content (AvgIpc) is 2.51. The molecule has 1 atom stereocenters. The van der Waals surface area contributed by atoms with E-state index in [1.54, 1.807) is 0 Å². The van der Waals surface area contributed by atoms with E-state index in [0.29, 0.717) is 13.1 Å². The maximum Gasteiger partial charge on any atom is 0.290 e. The smallest absolute Gasteiger partial charge is 0.290 e. The van der Waals surface area contributed by atoms with Crippen LogP contribution >= 0.6 is 12.4 Å². The van der Waals surface area contributed by atoms with Crippen LogP contribution in [0.2, 0.25) is 0 Å². The molecule has 132 valence electrons. The van der Waals surface area contributed by atoms with Crippen molar-refractivity contribution in [2.75, 3.05) is 39.9 Å². The van der Waals surface area contributed by atoms with Gasteiger partial charge in [-0.25, -0.2) is 17.6 Å². The molecule has 0 saturated carbocycles. The topological polar surface area (TPSA) is 44.7 Å². The second-order valence-corrected chi connectivity index (χ2v) is 5.11. The monoisotopic (exact) mass is 358 g/mol. The number of nitrogens with one attached hydrogen (secondary N) is 1. The number of rotatable bonds is 5. The van der Waals surface area contributed by atoms with Crippen LogP contribution in [-0.2, 0) is 0 Å². The maximum atomic E-state index is 14.2. The molecule has 1 aromatic rings. The van der Waals surface area contributed by atoms with Gasteiger partial charge in [-0.3, -0.25) is 4.90 Å². The predicted molar refractivity (Wildman–Crippen MR) is 79.4 cm³/mol. The lowest BCUT2D eigenvalue weighted by molar-refractivity contribution is -0.120. The van der Waals surface area contributed by atoms with Gasteiger partial charge in [0.05, 0.1) is 7.11 Å². The second kappa shape index (κ2) is 8.14. The maximum absolute atomic E-state index is 14.2. The van der Waals surface area contributed by atoms with Crippen molar-refractivity contribution < 1.29 is 27.4 Å². The first kappa shape index (κ1) is 20.0. The second-order valence-electron chi connectivity index (χ2n) is 5.11. The minimum atomic E-state index is -3.67. The van der Waals surface area contributed by atoms with Crippen LogP contribution < -0.4 is 10.1 Å².